The van der Waals surface area contributed by atoms with Gasteiger partial charge >= 0.3 is 0 Å². The molecule has 6 nitrogen and oxygen atoms in total. The molecule has 3 heterocycles. The van der Waals surface area contributed by atoms with Crippen LogP contribution in [0.3, 0.4) is 0 Å². The molecule has 0 fully saturated rings. The first-order valence-electron chi connectivity index (χ1n) is 8.79. The van der Waals surface area contributed by atoms with Gasteiger partial charge in [-0.05, 0) is 35.9 Å². The number of hydrogen-bond acceptors (Lipinski definition) is 5. The molecule has 4 aromatic rings. The molecule has 0 aliphatic heterocycles. The summed E-state index contributed by atoms with van der Waals surface area (Å²) in [6.07, 6.45) is 5.43. The number of hydrogen-bond donors (Lipinski definition) is 0. The lowest BCUT2D eigenvalue weighted by Crippen LogP contribution is -2.10. The Balaban J connectivity index is 1.99. The molecule has 0 atom stereocenters. The standard InChI is InChI=1S/C22H19N5O/c1-26(2)21-9-8-17(12-25-21)22-18(16-6-4-15(11-23)5-7-16)10-20(28-3)19-13-24-14-27(19)22/h4-10,12-14H,1-3H3. The number of nitriles is 1. The zero-order valence-corrected chi connectivity index (χ0v) is 15.9. The lowest BCUT2D eigenvalue weighted by atomic mass is 9.98. The first-order chi connectivity index (χ1) is 13.6. The number of aromatic nitrogens is 3. The molecular weight excluding hydrogens is 350 g/mol. The van der Waals surface area contributed by atoms with Gasteiger partial charge in [0, 0.05) is 31.4 Å². The van der Waals surface area contributed by atoms with E-state index in [0.29, 0.717) is 5.56 Å². The van der Waals surface area contributed by atoms with E-state index in [-0.39, 0.29) is 0 Å². The summed E-state index contributed by atoms with van der Waals surface area (Å²) in [5, 5.41) is 9.10. The molecule has 4 rings (SSSR count). The van der Waals surface area contributed by atoms with Gasteiger partial charge in [-0.15, -0.1) is 0 Å². The van der Waals surface area contributed by atoms with Crippen LogP contribution in [0.4, 0.5) is 5.82 Å². The van der Waals surface area contributed by atoms with Crippen LogP contribution < -0.4 is 9.64 Å². The Morgan fingerprint density at radius 3 is 2.39 bits per heavy atom. The van der Waals surface area contributed by atoms with Crippen molar-refractivity contribution in [2.24, 2.45) is 0 Å². The normalized spacial score (nSPS) is 10.6. The van der Waals surface area contributed by atoms with Gasteiger partial charge in [-0.25, -0.2) is 9.97 Å². The second kappa shape index (κ2) is 7.05. The van der Waals surface area contributed by atoms with E-state index in [0.717, 1.165) is 39.5 Å². The number of fused-ring (bicyclic) bond motifs is 1. The summed E-state index contributed by atoms with van der Waals surface area (Å²) in [6, 6.07) is 15.7. The number of anilines is 1. The number of imidazole rings is 1. The van der Waals surface area contributed by atoms with Crippen molar-refractivity contribution in [1.82, 2.24) is 14.4 Å². The van der Waals surface area contributed by atoms with Crippen LogP contribution in [0.2, 0.25) is 0 Å². The Morgan fingerprint density at radius 1 is 1.04 bits per heavy atom. The third-order valence-corrected chi connectivity index (χ3v) is 4.69. The van der Waals surface area contributed by atoms with E-state index in [1.807, 2.05) is 66.0 Å². The first kappa shape index (κ1) is 17.6. The second-order valence-electron chi connectivity index (χ2n) is 6.61. The van der Waals surface area contributed by atoms with Crippen LogP contribution in [0.5, 0.6) is 5.75 Å². The number of rotatable bonds is 4. The molecule has 1 aromatic carbocycles. The highest BCUT2D eigenvalue weighted by Crippen LogP contribution is 2.37. The van der Waals surface area contributed by atoms with E-state index >= 15 is 0 Å². The summed E-state index contributed by atoms with van der Waals surface area (Å²) >= 11 is 0. The third kappa shape index (κ3) is 2.93. The molecule has 0 aliphatic rings. The first-order valence-corrected chi connectivity index (χ1v) is 8.79. The molecule has 0 unspecified atom stereocenters. The van der Waals surface area contributed by atoms with E-state index in [9.17, 15) is 0 Å². The molecule has 0 saturated heterocycles. The van der Waals surface area contributed by atoms with Gasteiger partial charge in [-0.2, -0.15) is 5.26 Å². The van der Waals surface area contributed by atoms with Gasteiger partial charge in [0.1, 0.15) is 17.1 Å². The Labute approximate surface area is 163 Å². The summed E-state index contributed by atoms with van der Waals surface area (Å²) in [4.78, 5) is 10.8. The van der Waals surface area contributed by atoms with Crippen LogP contribution in [-0.4, -0.2) is 35.6 Å². The molecular formula is C22H19N5O. The number of ether oxygens (including phenoxy) is 1. The van der Waals surface area contributed by atoms with Gasteiger partial charge < -0.3 is 9.64 Å². The largest absolute Gasteiger partial charge is 0.494 e. The Hall–Kier alpha value is -3.85. The summed E-state index contributed by atoms with van der Waals surface area (Å²) in [5.74, 6) is 1.62. The third-order valence-electron chi connectivity index (χ3n) is 4.69. The van der Waals surface area contributed by atoms with Gasteiger partial charge in [-0.3, -0.25) is 4.40 Å². The van der Waals surface area contributed by atoms with Gasteiger partial charge in [0.2, 0.25) is 0 Å². The smallest absolute Gasteiger partial charge is 0.145 e. The fourth-order valence-corrected chi connectivity index (χ4v) is 3.25. The number of pyridine rings is 2. The summed E-state index contributed by atoms with van der Waals surface area (Å²) in [5.41, 5.74) is 5.40. The molecule has 0 aliphatic carbocycles. The molecule has 0 radical (unpaired) electrons. The van der Waals surface area contributed by atoms with E-state index in [2.05, 4.69) is 22.1 Å². The molecule has 0 N–H and O–H groups in total. The number of nitrogens with zero attached hydrogens (tertiary/aromatic N) is 5. The monoisotopic (exact) mass is 369 g/mol. The van der Waals surface area contributed by atoms with Gasteiger partial charge in [-0.1, -0.05) is 12.1 Å². The topological polar surface area (TPSA) is 66.5 Å². The molecule has 3 aromatic heterocycles. The van der Waals surface area contributed by atoms with E-state index in [1.54, 1.807) is 19.6 Å². The maximum absolute atomic E-state index is 9.10. The summed E-state index contributed by atoms with van der Waals surface area (Å²) in [6.45, 7) is 0. The zero-order chi connectivity index (χ0) is 19.7. The fourth-order valence-electron chi connectivity index (χ4n) is 3.25. The van der Waals surface area contributed by atoms with Crippen LogP contribution in [0.25, 0.3) is 27.9 Å². The quantitative estimate of drug-likeness (QED) is 0.544. The average molecular weight is 369 g/mol. The van der Waals surface area contributed by atoms with Gasteiger partial charge in [0.25, 0.3) is 0 Å². The molecule has 6 heteroatoms. The molecule has 138 valence electrons. The Bertz CT molecular complexity index is 1170. The number of benzene rings is 1. The lowest BCUT2D eigenvalue weighted by molar-refractivity contribution is 0.418. The Kier molecular flexibility index (Phi) is 4.42. The highest BCUT2D eigenvalue weighted by molar-refractivity contribution is 5.86. The van der Waals surface area contributed by atoms with Crippen molar-refractivity contribution in [3.8, 4) is 34.2 Å². The molecule has 0 saturated carbocycles. The minimum Gasteiger partial charge on any atom is -0.494 e. The van der Waals surface area contributed by atoms with Crippen LogP contribution in [0.15, 0.2) is 61.2 Å². The fraction of sp³-hybridized carbons (Fsp3) is 0.136. The van der Waals surface area contributed by atoms with Crippen molar-refractivity contribution in [3.05, 3.63) is 66.7 Å². The van der Waals surface area contributed by atoms with E-state index in [1.165, 1.54) is 0 Å². The predicted octanol–water partition coefficient (Wildman–Crippen LogP) is 4.01. The summed E-state index contributed by atoms with van der Waals surface area (Å²) in [7, 11) is 5.58. The maximum Gasteiger partial charge on any atom is 0.145 e. The van der Waals surface area contributed by atoms with Crippen LogP contribution in [0, 0.1) is 11.3 Å². The minimum atomic E-state index is 0.623. The maximum atomic E-state index is 9.10. The van der Waals surface area contributed by atoms with Crippen LogP contribution in [0.1, 0.15) is 5.56 Å². The van der Waals surface area contributed by atoms with Crippen molar-refractivity contribution in [3.63, 3.8) is 0 Å². The van der Waals surface area contributed by atoms with Gasteiger partial charge in [0.15, 0.2) is 0 Å². The highest BCUT2D eigenvalue weighted by atomic mass is 16.5. The lowest BCUT2D eigenvalue weighted by Gasteiger charge is -2.17. The van der Waals surface area contributed by atoms with Crippen molar-refractivity contribution in [2.75, 3.05) is 26.1 Å². The molecule has 0 bridgehead atoms. The number of methoxy groups -OCH3 is 1. The zero-order valence-electron chi connectivity index (χ0n) is 15.9. The van der Waals surface area contributed by atoms with E-state index in [4.69, 9.17) is 10.00 Å². The molecule has 0 amide bonds. The van der Waals surface area contributed by atoms with Crippen molar-refractivity contribution in [2.45, 2.75) is 0 Å². The van der Waals surface area contributed by atoms with Crippen molar-refractivity contribution < 1.29 is 4.74 Å². The van der Waals surface area contributed by atoms with Crippen molar-refractivity contribution in [1.29, 1.82) is 5.26 Å². The highest BCUT2D eigenvalue weighted by Gasteiger charge is 2.17. The SMILES string of the molecule is COc1cc(-c2ccc(C#N)cc2)c(-c2ccc(N(C)C)nc2)n2cncc12. The second-order valence-corrected chi connectivity index (χ2v) is 6.61. The molecule has 0 spiro atoms. The van der Waals surface area contributed by atoms with Gasteiger partial charge in [0.05, 0.1) is 37.0 Å². The van der Waals surface area contributed by atoms with Crippen LogP contribution >= 0.6 is 0 Å². The average Bonchev–Trinajstić information content (AvgIpc) is 3.22. The Morgan fingerprint density at radius 2 is 1.79 bits per heavy atom. The predicted molar refractivity (Wildman–Crippen MR) is 109 cm³/mol. The molecule has 28 heavy (non-hydrogen) atoms. The van der Waals surface area contributed by atoms with Crippen LogP contribution in [-0.2, 0) is 0 Å². The minimum absolute atomic E-state index is 0.623. The van der Waals surface area contributed by atoms with Crippen molar-refractivity contribution >= 4 is 11.3 Å². The summed E-state index contributed by atoms with van der Waals surface area (Å²) < 4.78 is 7.61. The van der Waals surface area contributed by atoms with E-state index < -0.39 is 0 Å².